The van der Waals surface area contributed by atoms with Crippen LogP contribution < -0.4 is 0 Å². The molecule has 0 unspecified atom stereocenters. The molecule has 0 radical (unpaired) electrons. The minimum Gasteiger partial charge on any atom is -0.306 e. The molecular weight excluding hydrogens is 293 g/mol. The average Bonchev–Trinajstić information content (AvgIpc) is 2.73. The van der Waals surface area contributed by atoms with Gasteiger partial charge in [0.25, 0.3) is 0 Å². The molecule has 0 N–H and O–H groups in total. The lowest BCUT2D eigenvalue weighted by atomic mass is 10.1. The molecule has 2 aromatic rings. The van der Waals surface area contributed by atoms with Gasteiger partial charge in [-0.1, -0.05) is 23.2 Å². The van der Waals surface area contributed by atoms with Crippen LogP contribution in [0.3, 0.4) is 0 Å². The third-order valence-corrected chi connectivity index (χ3v) is 3.67. The van der Waals surface area contributed by atoms with Gasteiger partial charge in [-0.15, -0.1) is 10.2 Å². The Morgan fingerprint density at radius 2 is 1.94 bits per heavy atom. The van der Waals surface area contributed by atoms with Crippen LogP contribution in [0.25, 0.3) is 0 Å². The lowest BCUT2D eigenvalue weighted by Gasteiger charge is -2.06. The largest absolute Gasteiger partial charge is 0.306 e. The third-order valence-electron chi connectivity index (χ3n) is 2.40. The van der Waals surface area contributed by atoms with Gasteiger partial charge in [-0.05, 0) is 30.2 Å². The molecule has 4 nitrogen and oxygen atoms in total. The van der Waals surface area contributed by atoms with E-state index in [0.717, 1.165) is 12.0 Å². The van der Waals surface area contributed by atoms with Gasteiger partial charge in [0.2, 0.25) is 5.16 Å². The molecule has 0 amide bonds. The van der Waals surface area contributed by atoms with Crippen molar-refractivity contribution in [3.63, 3.8) is 0 Å². The molecule has 1 atom stereocenters. The van der Waals surface area contributed by atoms with Crippen molar-refractivity contribution < 1.29 is 4.21 Å². The fourth-order valence-electron chi connectivity index (χ4n) is 1.63. The van der Waals surface area contributed by atoms with Crippen molar-refractivity contribution in [3.05, 3.63) is 40.1 Å². The van der Waals surface area contributed by atoms with Crippen molar-refractivity contribution in [2.45, 2.75) is 18.1 Å². The molecule has 0 fully saturated rings. The number of halogens is 2. The second kappa shape index (κ2) is 5.82. The van der Waals surface area contributed by atoms with Gasteiger partial charge in [0.1, 0.15) is 6.33 Å². The number of hydrogen-bond donors (Lipinski definition) is 0. The van der Waals surface area contributed by atoms with E-state index in [1.54, 1.807) is 23.2 Å². The maximum atomic E-state index is 11.4. The number of aromatic nitrogens is 3. The lowest BCUT2D eigenvalue weighted by molar-refractivity contribution is 0.614. The van der Waals surface area contributed by atoms with E-state index in [1.807, 2.05) is 12.1 Å². The van der Waals surface area contributed by atoms with E-state index in [-0.39, 0.29) is 0 Å². The van der Waals surface area contributed by atoms with Crippen molar-refractivity contribution in [2.24, 2.45) is 0 Å². The number of nitrogens with zero attached hydrogens (tertiary/aromatic N) is 3. The monoisotopic (exact) mass is 303 g/mol. The van der Waals surface area contributed by atoms with E-state index in [2.05, 4.69) is 10.2 Å². The summed E-state index contributed by atoms with van der Waals surface area (Å²) in [7, 11) is -1.14. The molecular formula is C11H11Cl2N3OS. The summed E-state index contributed by atoms with van der Waals surface area (Å²) in [5.41, 5.74) is 1.02. The zero-order chi connectivity index (χ0) is 13.1. The highest BCUT2D eigenvalue weighted by atomic mass is 35.5. The van der Waals surface area contributed by atoms with Gasteiger partial charge < -0.3 is 4.57 Å². The Hall–Kier alpha value is -0.910. The topological polar surface area (TPSA) is 47.8 Å². The molecule has 0 spiro atoms. The maximum Gasteiger partial charge on any atom is 0.221 e. The SMILES string of the molecule is C[S@@](=O)c1nncn1CCc1cc(Cl)cc(Cl)c1. The predicted molar refractivity (Wildman–Crippen MR) is 72.5 cm³/mol. The highest BCUT2D eigenvalue weighted by Gasteiger charge is 2.08. The molecule has 0 aliphatic heterocycles. The molecule has 96 valence electrons. The molecule has 0 aliphatic carbocycles. The summed E-state index contributed by atoms with van der Waals surface area (Å²) in [5, 5.41) is 9.28. The Kier molecular flexibility index (Phi) is 4.37. The van der Waals surface area contributed by atoms with Crippen LogP contribution in [0.4, 0.5) is 0 Å². The first-order valence-electron chi connectivity index (χ1n) is 5.22. The Labute approximate surface area is 117 Å². The van der Waals surface area contributed by atoms with E-state index >= 15 is 0 Å². The van der Waals surface area contributed by atoms with E-state index in [1.165, 1.54) is 0 Å². The standard InChI is InChI=1S/C11H11Cl2N3OS/c1-18(17)11-15-14-7-16(11)3-2-8-4-9(12)6-10(13)5-8/h4-7H,2-3H2,1H3/t18-/m1/s1. The third kappa shape index (κ3) is 3.31. The molecule has 0 saturated carbocycles. The Morgan fingerprint density at radius 1 is 1.28 bits per heavy atom. The van der Waals surface area contributed by atoms with E-state index in [0.29, 0.717) is 21.7 Å². The van der Waals surface area contributed by atoms with Crippen molar-refractivity contribution in [2.75, 3.05) is 6.26 Å². The molecule has 2 rings (SSSR count). The number of aryl methyl sites for hydroxylation is 2. The van der Waals surface area contributed by atoms with Crippen LogP contribution in [0, 0.1) is 0 Å². The average molecular weight is 304 g/mol. The first-order valence-corrected chi connectivity index (χ1v) is 7.54. The summed E-state index contributed by atoms with van der Waals surface area (Å²) >= 11 is 11.9. The van der Waals surface area contributed by atoms with Gasteiger partial charge in [0, 0.05) is 22.8 Å². The second-order valence-corrected chi connectivity index (χ2v) is 5.93. The quantitative estimate of drug-likeness (QED) is 0.872. The van der Waals surface area contributed by atoms with E-state index in [4.69, 9.17) is 23.2 Å². The second-order valence-electron chi connectivity index (χ2n) is 3.79. The molecule has 0 bridgehead atoms. The van der Waals surface area contributed by atoms with Crippen molar-refractivity contribution in [1.82, 2.24) is 14.8 Å². The van der Waals surface area contributed by atoms with Gasteiger partial charge in [-0.3, -0.25) is 4.21 Å². The molecule has 0 saturated heterocycles. The highest BCUT2D eigenvalue weighted by Crippen LogP contribution is 2.19. The van der Waals surface area contributed by atoms with Crippen LogP contribution in [-0.2, 0) is 23.8 Å². The summed E-state index contributed by atoms with van der Waals surface area (Å²) in [4.78, 5) is 0. The highest BCUT2D eigenvalue weighted by molar-refractivity contribution is 7.84. The Bertz CT molecular complexity index is 565. The minimum absolute atomic E-state index is 0.475. The molecule has 1 aromatic carbocycles. The first-order chi connectivity index (χ1) is 8.56. The molecule has 18 heavy (non-hydrogen) atoms. The van der Waals surface area contributed by atoms with Crippen LogP contribution in [0.1, 0.15) is 5.56 Å². The van der Waals surface area contributed by atoms with Crippen LogP contribution in [-0.4, -0.2) is 25.2 Å². The van der Waals surface area contributed by atoms with Crippen LogP contribution in [0.5, 0.6) is 0 Å². The molecule has 1 heterocycles. The van der Waals surface area contributed by atoms with Gasteiger partial charge >= 0.3 is 0 Å². The first kappa shape index (κ1) is 13.5. The zero-order valence-electron chi connectivity index (χ0n) is 9.64. The Morgan fingerprint density at radius 3 is 2.56 bits per heavy atom. The van der Waals surface area contributed by atoms with Gasteiger partial charge in [-0.2, -0.15) is 0 Å². The molecule has 7 heteroatoms. The normalized spacial score (nSPS) is 12.6. The fraction of sp³-hybridized carbons (Fsp3) is 0.273. The Balaban J connectivity index is 2.11. The van der Waals surface area contributed by atoms with Crippen molar-refractivity contribution in [3.8, 4) is 0 Å². The summed E-state index contributed by atoms with van der Waals surface area (Å²) in [6.45, 7) is 0.637. The van der Waals surface area contributed by atoms with Crippen molar-refractivity contribution in [1.29, 1.82) is 0 Å². The number of hydrogen-bond acceptors (Lipinski definition) is 3. The minimum atomic E-state index is -1.14. The van der Waals surface area contributed by atoms with Gasteiger partial charge in [0.15, 0.2) is 0 Å². The predicted octanol–water partition coefficient (Wildman–Crippen LogP) is 2.57. The summed E-state index contributed by atoms with van der Waals surface area (Å²) in [6, 6.07) is 5.42. The van der Waals surface area contributed by atoms with E-state index < -0.39 is 10.8 Å². The lowest BCUT2D eigenvalue weighted by Crippen LogP contribution is -2.06. The van der Waals surface area contributed by atoms with Gasteiger partial charge in [-0.25, -0.2) is 0 Å². The summed E-state index contributed by atoms with van der Waals surface area (Å²) in [6.07, 6.45) is 3.88. The van der Waals surface area contributed by atoms with Crippen LogP contribution in [0.2, 0.25) is 10.0 Å². The van der Waals surface area contributed by atoms with Crippen molar-refractivity contribution >= 4 is 34.0 Å². The number of benzene rings is 1. The van der Waals surface area contributed by atoms with Crippen LogP contribution in [0.15, 0.2) is 29.7 Å². The maximum absolute atomic E-state index is 11.4. The van der Waals surface area contributed by atoms with Gasteiger partial charge in [0.05, 0.1) is 10.8 Å². The van der Waals surface area contributed by atoms with Crippen LogP contribution >= 0.6 is 23.2 Å². The summed E-state index contributed by atoms with van der Waals surface area (Å²) in [5.74, 6) is 0. The fourth-order valence-corrected chi connectivity index (χ4v) is 2.83. The smallest absolute Gasteiger partial charge is 0.221 e. The molecule has 0 aliphatic rings. The zero-order valence-corrected chi connectivity index (χ0v) is 12.0. The number of rotatable bonds is 4. The summed E-state index contributed by atoms with van der Waals surface area (Å²) < 4.78 is 13.2. The molecule has 1 aromatic heterocycles. The van der Waals surface area contributed by atoms with E-state index in [9.17, 15) is 4.21 Å².